The van der Waals surface area contributed by atoms with Crippen LogP contribution in [0.5, 0.6) is 0 Å². The lowest BCUT2D eigenvalue weighted by molar-refractivity contribution is 0.0710. The highest BCUT2D eigenvalue weighted by atomic mass is 16.5. The zero-order chi connectivity index (χ0) is 18.2. The zero-order valence-electron chi connectivity index (χ0n) is 14.4. The highest BCUT2D eigenvalue weighted by Crippen LogP contribution is 2.33. The Labute approximate surface area is 154 Å². The topological polar surface area (TPSA) is 101 Å². The van der Waals surface area contributed by atoms with Crippen molar-refractivity contribution in [2.24, 2.45) is 0 Å². The Kier molecular flexibility index (Phi) is 3.67. The van der Waals surface area contributed by atoms with Crippen LogP contribution in [0.4, 0.5) is 0 Å². The summed E-state index contributed by atoms with van der Waals surface area (Å²) in [6, 6.07) is 14.7. The van der Waals surface area contributed by atoms with Crippen LogP contribution >= 0.6 is 0 Å². The molecule has 1 atom stereocenters. The minimum absolute atomic E-state index is 0.0677. The molecule has 1 saturated heterocycles. The average Bonchev–Trinajstić information content (AvgIpc) is 3.47. The van der Waals surface area contributed by atoms with Gasteiger partial charge in [-0.05, 0) is 31.0 Å². The lowest BCUT2D eigenvalue weighted by atomic mass is 10.1. The van der Waals surface area contributed by atoms with E-state index in [0.29, 0.717) is 29.3 Å². The number of nitrogens with zero attached hydrogens (tertiary/aromatic N) is 5. The fourth-order valence-corrected chi connectivity index (χ4v) is 3.48. The van der Waals surface area contributed by atoms with Gasteiger partial charge >= 0.3 is 0 Å². The number of nitrogens with one attached hydrogen (secondary N) is 1. The molecule has 1 amide bonds. The zero-order valence-corrected chi connectivity index (χ0v) is 14.4. The van der Waals surface area contributed by atoms with Crippen molar-refractivity contribution in [1.29, 1.82) is 0 Å². The van der Waals surface area contributed by atoms with Crippen molar-refractivity contribution in [1.82, 2.24) is 30.5 Å². The van der Waals surface area contributed by atoms with Crippen molar-refractivity contribution in [3.63, 3.8) is 0 Å². The SMILES string of the molecule is O=C(c1ccc2n[nH]nc2c1)N1CCC[C@@H]1c1nc(-c2ccccc2)no1. The van der Waals surface area contributed by atoms with E-state index in [1.807, 2.05) is 30.3 Å². The Hall–Kier alpha value is -3.55. The molecule has 134 valence electrons. The molecule has 0 unspecified atom stereocenters. The summed E-state index contributed by atoms with van der Waals surface area (Å²) in [4.78, 5) is 19.4. The second-order valence-corrected chi connectivity index (χ2v) is 6.51. The van der Waals surface area contributed by atoms with E-state index in [2.05, 4.69) is 25.6 Å². The molecule has 2 aromatic heterocycles. The Balaban J connectivity index is 1.43. The lowest BCUT2D eigenvalue weighted by Crippen LogP contribution is -2.30. The van der Waals surface area contributed by atoms with E-state index >= 15 is 0 Å². The summed E-state index contributed by atoms with van der Waals surface area (Å²) in [6.07, 6.45) is 1.69. The van der Waals surface area contributed by atoms with Crippen LogP contribution in [0.1, 0.15) is 35.1 Å². The summed E-state index contributed by atoms with van der Waals surface area (Å²) in [5.74, 6) is 0.943. The molecule has 0 spiro atoms. The number of fused-ring (bicyclic) bond motifs is 1. The van der Waals surface area contributed by atoms with Gasteiger partial charge in [0.15, 0.2) is 0 Å². The van der Waals surface area contributed by atoms with E-state index < -0.39 is 0 Å². The number of hydrogen-bond donors (Lipinski definition) is 1. The summed E-state index contributed by atoms with van der Waals surface area (Å²) in [6.45, 7) is 0.656. The van der Waals surface area contributed by atoms with Gasteiger partial charge in [0, 0.05) is 17.7 Å². The number of carbonyl (C=O) groups is 1. The first-order chi connectivity index (χ1) is 13.3. The normalized spacial score (nSPS) is 16.9. The maximum absolute atomic E-state index is 13.1. The van der Waals surface area contributed by atoms with E-state index in [1.54, 1.807) is 23.1 Å². The summed E-state index contributed by atoms with van der Waals surface area (Å²) >= 11 is 0. The molecule has 2 aromatic carbocycles. The first-order valence-corrected chi connectivity index (χ1v) is 8.80. The molecule has 0 bridgehead atoms. The fraction of sp³-hybridized carbons (Fsp3) is 0.211. The van der Waals surface area contributed by atoms with Crippen LogP contribution in [0.15, 0.2) is 53.1 Å². The van der Waals surface area contributed by atoms with Crippen molar-refractivity contribution in [2.75, 3.05) is 6.54 Å². The number of carbonyl (C=O) groups excluding carboxylic acids is 1. The van der Waals surface area contributed by atoms with Gasteiger partial charge in [0.25, 0.3) is 5.91 Å². The Bertz CT molecular complexity index is 1100. The molecule has 4 aromatic rings. The minimum atomic E-state index is -0.213. The van der Waals surface area contributed by atoms with Gasteiger partial charge < -0.3 is 9.42 Å². The van der Waals surface area contributed by atoms with Crippen LogP contribution in [-0.2, 0) is 0 Å². The van der Waals surface area contributed by atoms with E-state index in [9.17, 15) is 4.79 Å². The van der Waals surface area contributed by atoms with Crippen LogP contribution < -0.4 is 0 Å². The number of rotatable bonds is 3. The summed E-state index contributed by atoms with van der Waals surface area (Å²) in [5.41, 5.74) is 2.86. The van der Waals surface area contributed by atoms with Gasteiger partial charge in [-0.15, -0.1) is 0 Å². The number of likely N-dealkylation sites (tertiary alicyclic amines) is 1. The maximum Gasteiger partial charge on any atom is 0.254 e. The second-order valence-electron chi connectivity index (χ2n) is 6.51. The molecule has 8 nitrogen and oxygen atoms in total. The number of amides is 1. The molecular weight excluding hydrogens is 344 g/mol. The second kappa shape index (κ2) is 6.31. The van der Waals surface area contributed by atoms with Crippen molar-refractivity contribution in [2.45, 2.75) is 18.9 Å². The monoisotopic (exact) mass is 360 g/mol. The van der Waals surface area contributed by atoms with Crippen LogP contribution in [-0.4, -0.2) is 42.9 Å². The predicted octanol–water partition coefficient (Wildman–Crippen LogP) is 2.99. The lowest BCUT2D eigenvalue weighted by Gasteiger charge is -2.21. The molecule has 0 radical (unpaired) electrons. The molecule has 0 saturated carbocycles. The maximum atomic E-state index is 13.1. The molecule has 3 heterocycles. The molecule has 0 aliphatic carbocycles. The van der Waals surface area contributed by atoms with Gasteiger partial charge in [-0.1, -0.05) is 35.5 Å². The standard InChI is InChI=1S/C19H16N6O2/c26-19(13-8-9-14-15(11-13)22-24-21-14)25-10-4-7-16(25)18-20-17(23-27-18)12-5-2-1-3-6-12/h1-3,5-6,8-9,11,16H,4,7,10H2,(H,21,22,24)/t16-/m1/s1. The van der Waals surface area contributed by atoms with Crippen molar-refractivity contribution in [3.05, 3.63) is 60.0 Å². The third-order valence-electron chi connectivity index (χ3n) is 4.84. The van der Waals surface area contributed by atoms with Crippen LogP contribution in [0.3, 0.4) is 0 Å². The van der Waals surface area contributed by atoms with E-state index in [4.69, 9.17) is 4.52 Å². The molecule has 1 N–H and O–H groups in total. The molecule has 1 aliphatic rings. The predicted molar refractivity (Wildman–Crippen MR) is 96.6 cm³/mol. The van der Waals surface area contributed by atoms with Crippen LogP contribution in [0.25, 0.3) is 22.4 Å². The number of H-pyrrole nitrogens is 1. The van der Waals surface area contributed by atoms with Crippen LogP contribution in [0.2, 0.25) is 0 Å². The molecule has 8 heteroatoms. The summed E-state index contributed by atoms with van der Waals surface area (Å²) < 4.78 is 5.49. The van der Waals surface area contributed by atoms with Gasteiger partial charge in [-0.25, -0.2) is 0 Å². The van der Waals surface area contributed by atoms with Gasteiger partial charge in [-0.2, -0.15) is 20.4 Å². The van der Waals surface area contributed by atoms with Gasteiger partial charge in [0.2, 0.25) is 11.7 Å². The molecular formula is C19H16N6O2. The van der Waals surface area contributed by atoms with Gasteiger partial charge in [0.1, 0.15) is 17.1 Å². The third-order valence-corrected chi connectivity index (χ3v) is 4.84. The highest BCUT2D eigenvalue weighted by molar-refractivity contribution is 5.97. The largest absolute Gasteiger partial charge is 0.337 e. The van der Waals surface area contributed by atoms with Crippen molar-refractivity contribution >= 4 is 16.9 Å². The summed E-state index contributed by atoms with van der Waals surface area (Å²) in [5, 5.41) is 14.7. The molecule has 1 fully saturated rings. The first kappa shape index (κ1) is 15.7. The first-order valence-electron chi connectivity index (χ1n) is 8.80. The molecule has 27 heavy (non-hydrogen) atoms. The van der Waals surface area contributed by atoms with Crippen molar-refractivity contribution in [3.8, 4) is 11.4 Å². The Morgan fingerprint density at radius 3 is 2.85 bits per heavy atom. The number of aromatic amines is 1. The Morgan fingerprint density at radius 1 is 1.11 bits per heavy atom. The van der Waals surface area contributed by atoms with Gasteiger partial charge in [0.05, 0.1) is 0 Å². The number of hydrogen-bond acceptors (Lipinski definition) is 6. The van der Waals surface area contributed by atoms with E-state index in [-0.39, 0.29) is 11.9 Å². The molecule has 5 rings (SSSR count). The highest BCUT2D eigenvalue weighted by Gasteiger charge is 2.34. The minimum Gasteiger partial charge on any atom is -0.337 e. The number of benzene rings is 2. The quantitative estimate of drug-likeness (QED) is 0.603. The fourth-order valence-electron chi connectivity index (χ4n) is 3.48. The van der Waals surface area contributed by atoms with Crippen LogP contribution in [0, 0.1) is 0 Å². The summed E-state index contributed by atoms with van der Waals surface area (Å²) in [7, 11) is 0. The van der Waals surface area contributed by atoms with Gasteiger partial charge in [-0.3, -0.25) is 4.79 Å². The van der Waals surface area contributed by atoms with E-state index in [1.165, 1.54) is 0 Å². The van der Waals surface area contributed by atoms with E-state index in [0.717, 1.165) is 23.9 Å². The molecule has 1 aliphatic heterocycles. The Morgan fingerprint density at radius 2 is 1.96 bits per heavy atom. The smallest absolute Gasteiger partial charge is 0.254 e. The third kappa shape index (κ3) is 2.75. The average molecular weight is 360 g/mol. The number of aromatic nitrogens is 5. The van der Waals surface area contributed by atoms with Crippen molar-refractivity contribution < 1.29 is 9.32 Å².